The number of benzene rings is 1. The molecule has 27 heavy (non-hydrogen) atoms. The summed E-state index contributed by atoms with van der Waals surface area (Å²) in [4.78, 5) is 28.2. The van der Waals surface area contributed by atoms with Gasteiger partial charge in [0.2, 0.25) is 5.91 Å². The molecule has 0 saturated carbocycles. The van der Waals surface area contributed by atoms with Crippen LogP contribution >= 0.6 is 0 Å². The Hall–Kier alpha value is -2.42. The second-order valence-corrected chi connectivity index (χ2v) is 8.92. The van der Waals surface area contributed by atoms with E-state index in [4.69, 9.17) is 5.11 Å². The molecule has 1 amide bonds. The number of aromatic nitrogens is 2. The monoisotopic (exact) mass is 395 g/mol. The molecule has 1 aromatic carbocycles. The van der Waals surface area contributed by atoms with Crippen LogP contribution in [0.4, 0.5) is 0 Å². The predicted octanol–water partition coefficient (Wildman–Crippen LogP) is 1.73. The summed E-state index contributed by atoms with van der Waals surface area (Å²) in [6.45, 7) is 3.52. The number of carbonyl (C=O) groups excluding carboxylic acids is 1. The number of hydrogen-bond donors (Lipinski definition) is 2. The van der Waals surface area contributed by atoms with Gasteiger partial charge in [-0.3, -0.25) is 9.59 Å². The molecule has 0 atom stereocenters. The van der Waals surface area contributed by atoms with Gasteiger partial charge < -0.3 is 15.0 Å². The van der Waals surface area contributed by atoms with Gasteiger partial charge in [-0.25, -0.2) is 13.4 Å². The highest BCUT2D eigenvalue weighted by atomic mass is 32.2. The molecular formula is C18H25N3O5S. The van der Waals surface area contributed by atoms with Gasteiger partial charge in [0.1, 0.15) is 18.1 Å². The molecular weight excluding hydrogens is 370 g/mol. The van der Waals surface area contributed by atoms with E-state index in [0.29, 0.717) is 23.9 Å². The third-order valence-electron chi connectivity index (χ3n) is 4.67. The van der Waals surface area contributed by atoms with Crippen molar-refractivity contribution in [2.24, 2.45) is 0 Å². The zero-order valence-electron chi connectivity index (χ0n) is 15.7. The van der Waals surface area contributed by atoms with Crippen molar-refractivity contribution in [3.8, 4) is 0 Å². The van der Waals surface area contributed by atoms with Gasteiger partial charge in [-0.1, -0.05) is 26.0 Å². The van der Waals surface area contributed by atoms with Gasteiger partial charge in [0.25, 0.3) is 0 Å². The second kappa shape index (κ2) is 8.08. The van der Waals surface area contributed by atoms with E-state index in [1.807, 2.05) is 13.8 Å². The SMILES string of the molecule is CCC(CC)(CC(=O)O)NC(=O)Cn1c(CS(C)(=O)=O)nc2ccccc21. The van der Waals surface area contributed by atoms with Crippen molar-refractivity contribution in [2.45, 2.75) is 50.9 Å². The Morgan fingerprint density at radius 2 is 1.85 bits per heavy atom. The Bertz CT molecular complexity index is 945. The summed E-state index contributed by atoms with van der Waals surface area (Å²) < 4.78 is 25.1. The molecule has 9 heteroatoms. The van der Waals surface area contributed by atoms with Crippen LogP contribution in [0.5, 0.6) is 0 Å². The maximum atomic E-state index is 12.7. The van der Waals surface area contributed by atoms with Gasteiger partial charge in [-0.15, -0.1) is 0 Å². The van der Waals surface area contributed by atoms with Crippen molar-refractivity contribution in [1.82, 2.24) is 14.9 Å². The molecule has 0 fully saturated rings. The van der Waals surface area contributed by atoms with Crippen molar-refractivity contribution in [3.63, 3.8) is 0 Å². The molecule has 0 aliphatic heterocycles. The van der Waals surface area contributed by atoms with E-state index in [9.17, 15) is 18.0 Å². The van der Waals surface area contributed by atoms with Crippen molar-refractivity contribution < 1.29 is 23.1 Å². The number of imidazole rings is 1. The fourth-order valence-electron chi connectivity index (χ4n) is 3.14. The number of nitrogens with zero attached hydrogens (tertiary/aromatic N) is 2. The van der Waals surface area contributed by atoms with Crippen LogP contribution < -0.4 is 5.32 Å². The molecule has 1 aromatic heterocycles. The van der Waals surface area contributed by atoms with E-state index in [1.165, 1.54) is 0 Å². The summed E-state index contributed by atoms with van der Waals surface area (Å²) in [5.41, 5.74) is 0.422. The minimum absolute atomic E-state index is 0.132. The number of carboxylic acids is 1. The molecule has 1 heterocycles. The zero-order chi connectivity index (χ0) is 20.2. The maximum absolute atomic E-state index is 12.7. The number of hydrogen-bond acceptors (Lipinski definition) is 5. The first-order chi connectivity index (χ1) is 12.6. The van der Waals surface area contributed by atoms with Crippen molar-refractivity contribution in [2.75, 3.05) is 6.26 Å². The van der Waals surface area contributed by atoms with Crippen LogP contribution in [0.25, 0.3) is 11.0 Å². The minimum Gasteiger partial charge on any atom is -0.481 e. The average Bonchev–Trinajstić information content (AvgIpc) is 2.89. The van der Waals surface area contributed by atoms with Crippen LogP contribution in [-0.2, 0) is 31.7 Å². The van der Waals surface area contributed by atoms with Crippen LogP contribution in [0.3, 0.4) is 0 Å². The minimum atomic E-state index is -3.34. The van der Waals surface area contributed by atoms with E-state index in [2.05, 4.69) is 10.3 Å². The first-order valence-electron chi connectivity index (χ1n) is 8.74. The second-order valence-electron chi connectivity index (χ2n) is 6.78. The predicted molar refractivity (Wildman–Crippen MR) is 102 cm³/mol. The normalized spacial score (nSPS) is 12.3. The topological polar surface area (TPSA) is 118 Å². The van der Waals surface area contributed by atoms with Gasteiger partial charge in [-0.2, -0.15) is 0 Å². The fourth-order valence-corrected chi connectivity index (χ4v) is 3.83. The lowest BCUT2D eigenvalue weighted by Crippen LogP contribution is -2.50. The first-order valence-corrected chi connectivity index (χ1v) is 10.8. The molecule has 0 spiro atoms. The largest absolute Gasteiger partial charge is 0.481 e. The van der Waals surface area contributed by atoms with Gasteiger partial charge >= 0.3 is 5.97 Å². The molecule has 2 aromatic rings. The lowest BCUT2D eigenvalue weighted by atomic mass is 9.89. The van der Waals surface area contributed by atoms with E-state index < -0.39 is 21.3 Å². The summed E-state index contributed by atoms with van der Waals surface area (Å²) in [7, 11) is -3.34. The van der Waals surface area contributed by atoms with Crippen molar-refractivity contribution in [1.29, 1.82) is 0 Å². The molecule has 0 unspecified atom stereocenters. The van der Waals surface area contributed by atoms with E-state index >= 15 is 0 Å². The Morgan fingerprint density at radius 3 is 2.41 bits per heavy atom. The number of nitrogens with one attached hydrogen (secondary N) is 1. The molecule has 0 radical (unpaired) electrons. The molecule has 0 bridgehead atoms. The summed E-state index contributed by atoms with van der Waals surface area (Å²) in [5.74, 6) is -1.36. The standard InChI is InChI=1S/C18H25N3O5S/c1-4-18(5-2,10-17(23)24)20-16(22)11-21-14-9-7-6-8-13(14)19-15(21)12-27(3,25)26/h6-9H,4-5,10-12H2,1-3H3,(H,20,22)(H,23,24). The summed E-state index contributed by atoms with van der Waals surface area (Å²) in [6, 6.07) is 7.10. The molecule has 148 valence electrons. The van der Waals surface area contributed by atoms with E-state index in [1.54, 1.807) is 28.8 Å². The van der Waals surface area contributed by atoms with Crippen molar-refractivity contribution in [3.05, 3.63) is 30.1 Å². The molecule has 0 aliphatic carbocycles. The lowest BCUT2D eigenvalue weighted by Gasteiger charge is -2.31. The van der Waals surface area contributed by atoms with Crippen LogP contribution in [0.2, 0.25) is 0 Å². The van der Waals surface area contributed by atoms with Gasteiger partial charge in [0.05, 0.1) is 23.0 Å². The fraction of sp³-hybridized carbons (Fsp3) is 0.500. The van der Waals surface area contributed by atoms with Crippen LogP contribution in [0.15, 0.2) is 24.3 Å². The summed E-state index contributed by atoms with van der Waals surface area (Å²) in [5, 5.41) is 12.0. The van der Waals surface area contributed by atoms with E-state index in [-0.39, 0.29) is 30.5 Å². The Kier molecular flexibility index (Phi) is 6.25. The van der Waals surface area contributed by atoms with Crippen LogP contribution in [0.1, 0.15) is 38.9 Å². The molecule has 0 saturated heterocycles. The number of rotatable bonds is 9. The number of aliphatic carboxylic acids is 1. The maximum Gasteiger partial charge on any atom is 0.305 e. The highest BCUT2D eigenvalue weighted by Gasteiger charge is 2.31. The number of sulfone groups is 1. The Morgan fingerprint density at radius 1 is 1.22 bits per heavy atom. The first kappa shape index (κ1) is 20.9. The zero-order valence-corrected chi connectivity index (χ0v) is 16.5. The number of carboxylic acid groups (broad SMARTS) is 1. The van der Waals surface area contributed by atoms with Crippen LogP contribution in [0, 0.1) is 0 Å². The Labute approximate surface area is 158 Å². The molecule has 2 rings (SSSR count). The van der Waals surface area contributed by atoms with Gasteiger partial charge in [0.15, 0.2) is 9.84 Å². The quantitative estimate of drug-likeness (QED) is 0.667. The number of amides is 1. The number of para-hydroxylation sites is 2. The Balaban J connectivity index is 2.35. The van der Waals surface area contributed by atoms with Crippen LogP contribution in [-0.4, -0.2) is 46.7 Å². The smallest absolute Gasteiger partial charge is 0.305 e. The third kappa shape index (κ3) is 5.29. The molecule has 2 N–H and O–H groups in total. The lowest BCUT2D eigenvalue weighted by molar-refractivity contribution is -0.139. The van der Waals surface area contributed by atoms with Gasteiger partial charge in [0, 0.05) is 6.26 Å². The number of carbonyl (C=O) groups is 2. The third-order valence-corrected chi connectivity index (χ3v) is 5.46. The van der Waals surface area contributed by atoms with E-state index in [0.717, 1.165) is 6.26 Å². The summed E-state index contributed by atoms with van der Waals surface area (Å²) in [6.07, 6.45) is 1.89. The highest BCUT2D eigenvalue weighted by Crippen LogP contribution is 2.21. The van der Waals surface area contributed by atoms with Gasteiger partial charge in [-0.05, 0) is 25.0 Å². The highest BCUT2D eigenvalue weighted by molar-refractivity contribution is 7.89. The molecule has 0 aliphatic rings. The average molecular weight is 395 g/mol. The van der Waals surface area contributed by atoms with Crippen molar-refractivity contribution >= 4 is 32.7 Å². The number of fused-ring (bicyclic) bond motifs is 1. The molecule has 8 nitrogen and oxygen atoms in total. The summed E-state index contributed by atoms with van der Waals surface area (Å²) >= 11 is 0.